The number of hydrogen-bond donors (Lipinski definition) is 1. The van der Waals surface area contributed by atoms with E-state index >= 15 is 0 Å². The second kappa shape index (κ2) is 4.69. The van der Waals surface area contributed by atoms with Crippen LogP contribution in [0.25, 0.3) is 0 Å². The Morgan fingerprint density at radius 1 is 1.40 bits per heavy atom. The van der Waals surface area contributed by atoms with Gasteiger partial charge in [0.2, 0.25) is 0 Å². The summed E-state index contributed by atoms with van der Waals surface area (Å²) in [6.07, 6.45) is 0.719. The Morgan fingerprint density at radius 2 is 1.90 bits per heavy atom. The van der Waals surface area contributed by atoms with Gasteiger partial charge >= 0.3 is 0 Å². The summed E-state index contributed by atoms with van der Waals surface area (Å²) in [4.78, 5) is 2.10. The normalized spacial score (nSPS) is 17.4. The molecule has 0 amide bonds. The van der Waals surface area contributed by atoms with Gasteiger partial charge < -0.3 is 10.0 Å². The van der Waals surface area contributed by atoms with Crippen LogP contribution in [0.1, 0.15) is 20.3 Å². The molecule has 2 atom stereocenters. The largest absolute Gasteiger partial charge is 0.393 e. The SMILES string of the molecule is CC[C@H](O)[C@H](C)CN(C)C. The maximum Gasteiger partial charge on any atom is 0.0575 e. The Hall–Kier alpha value is -0.0800. The summed E-state index contributed by atoms with van der Waals surface area (Å²) in [6.45, 7) is 5.06. The summed E-state index contributed by atoms with van der Waals surface area (Å²) in [5, 5.41) is 9.35. The number of aliphatic hydroxyl groups excluding tert-OH is 1. The van der Waals surface area contributed by atoms with Gasteiger partial charge in [-0.1, -0.05) is 13.8 Å². The van der Waals surface area contributed by atoms with Crippen LogP contribution in [-0.4, -0.2) is 36.8 Å². The van der Waals surface area contributed by atoms with Crippen LogP contribution < -0.4 is 0 Å². The maximum atomic E-state index is 9.35. The molecule has 0 fully saturated rings. The Balaban J connectivity index is 3.50. The molecule has 2 nitrogen and oxygen atoms in total. The smallest absolute Gasteiger partial charge is 0.0575 e. The zero-order chi connectivity index (χ0) is 8.15. The molecule has 0 saturated carbocycles. The molecule has 0 rings (SSSR count). The summed E-state index contributed by atoms with van der Waals surface area (Å²) >= 11 is 0. The molecule has 0 aromatic carbocycles. The van der Waals surface area contributed by atoms with Crippen LogP contribution in [-0.2, 0) is 0 Å². The van der Waals surface area contributed by atoms with E-state index < -0.39 is 0 Å². The third-order valence-corrected chi connectivity index (χ3v) is 1.73. The van der Waals surface area contributed by atoms with E-state index in [9.17, 15) is 5.11 Å². The Morgan fingerprint density at radius 3 is 2.20 bits per heavy atom. The van der Waals surface area contributed by atoms with E-state index in [1.807, 2.05) is 21.0 Å². The topological polar surface area (TPSA) is 23.5 Å². The van der Waals surface area contributed by atoms with Crippen molar-refractivity contribution >= 4 is 0 Å². The molecule has 2 heteroatoms. The molecular weight excluding hydrogens is 126 g/mol. The summed E-state index contributed by atoms with van der Waals surface area (Å²) < 4.78 is 0. The number of rotatable bonds is 4. The molecule has 0 aliphatic rings. The molecule has 0 unspecified atom stereocenters. The highest BCUT2D eigenvalue weighted by molar-refractivity contribution is 4.64. The predicted octanol–water partition coefficient (Wildman–Crippen LogP) is 0.955. The van der Waals surface area contributed by atoms with Crippen LogP contribution in [0.15, 0.2) is 0 Å². The van der Waals surface area contributed by atoms with Crippen molar-refractivity contribution in [3.63, 3.8) is 0 Å². The van der Waals surface area contributed by atoms with Crippen LogP contribution >= 0.6 is 0 Å². The van der Waals surface area contributed by atoms with Crippen LogP contribution in [0.4, 0.5) is 0 Å². The Kier molecular flexibility index (Phi) is 4.65. The monoisotopic (exact) mass is 145 g/mol. The molecule has 0 saturated heterocycles. The van der Waals surface area contributed by atoms with Crippen LogP contribution in [0.5, 0.6) is 0 Å². The zero-order valence-corrected chi connectivity index (χ0v) is 7.46. The van der Waals surface area contributed by atoms with E-state index in [0.29, 0.717) is 5.92 Å². The standard InChI is InChI=1S/C8H19NO/c1-5-8(10)7(2)6-9(3)4/h7-8,10H,5-6H2,1-4H3/t7-,8+/m1/s1. The summed E-state index contributed by atoms with van der Waals surface area (Å²) in [5.41, 5.74) is 0. The molecule has 0 spiro atoms. The van der Waals surface area contributed by atoms with Gasteiger partial charge in [0.05, 0.1) is 6.10 Å². The lowest BCUT2D eigenvalue weighted by molar-refractivity contribution is 0.0964. The molecular formula is C8H19NO. The molecule has 0 aliphatic heterocycles. The van der Waals surface area contributed by atoms with Crippen molar-refractivity contribution < 1.29 is 5.11 Å². The second-order valence-corrected chi connectivity index (χ2v) is 3.22. The van der Waals surface area contributed by atoms with E-state index in [1.54, 1.807) is 0 Å². The number of aliphatic hydroxyl groups is 1. The highest BCUT2D eigenvalue weighted by Crippen LogP contribution is 2.06. The highest BCUT2D eigenvalue weighted by atomic mass is 16.3. The molecule has 0 radical (unpaired) electrons. The first kappa shape index (κ1) is 9.92. The zero-order valence-electron chi connectivity index (χ0n) is 7.46. The molecule has 1 N–H and O–H groups in total. The fourth-order valence-electron chi connectivity index (χ4n) is 1.10. The van der Waals surface area contributed by atoms with Gasteiger partial charge in [0.1, 0.15) is 0 Å². The van der Waals surface area contributed by atoms with Gasteiger partial charge in [-0.05, 0) is 26.4 Å². The maximum absolute atomic E-state index is 9.35. The lowest BCUT2D eigenvalue weighted by atomic mass is 10.0. The Bertz CT molecular complexity index is 83.3. The quantitative estimate of drug-likeness (QED) is 0.637. The third-order valence-electron chi connectivity index (χ3n) is 1.73. The summed E-state index contributed by atoms with van der Waals surface area (Å²) in [6, 6.07) is 0. The molecule has 0 aromatic rings. The van der Waals surface area contributed by atoms with Crippen molar-refractivity contribution in [3.05, 3.63) is 0 Å². The molecule has 62 valence electrons. The van der Waals surface area contributed by atoms with Crippen molar-refractivity contribution in [2.45, 2.75) is 26.4 Å². The van der Waals surface area contributed by atoms with Gasteiger partial charge in [0.25, 0.3) is 0 Å². The van der Waals surface area contributed by atoms with Crippen LogP contribution in [0.2, 0.25) is 0 Å². The predicted molar refractivity (Wildman–Crippen MR) is 44.0 cm³/mol. The van der Waals surface area contributed by atoms with Crippen molar-refractivity contribution in [2.75, 3.05) is 20.6 Å². The fraction of sp³-hybridized carbons (Fsp3) is 1.00. The lowest BCUT2D eigenvalue weighted by Gasteiger charge is -2.20. The van der Waals surface area contributed by atoms with E-state index in [-0.39, 0.29) is 6.10 Å². The van der Waals surface area contributed by atoms with Crippen molar-refractivity contribution in [2.24, 2.45) is 5.92 Å². The van der Waals surface area contributed by atoms with Gasteiger partial charge in [-0.3, -0.25) is 0 Å². The number of hydrogen-bond acceptors (Lipinski definition) is 2. The third kappa shape index (κ3) is 3.85. The first-order valence-corrected chi connectivity index (χ1v) is 3.90. The van der Waals surface area contributed by atoms with Crippen LogP contribution in [0.3, 0.4) is 0 Å². The van der Waals surface area contributed by atoms with Crippen molar-refractivity contribution in [1.82, 2.24) is 4.90 Å². The average Bonchev–Trinajstić information content (AvgIpc) is 1.85. The molecule has 0 heterocycles. The van der Waals surface area contributed by atoms with E-state index in [4.69, 9.17) is 0 Å². The summed E-state index contributed by atoms with van der Waals surface area (Å²) in [7, 11) is 4.05. The lowest BCUT2D eigenvalue weighted by Crippen LogP contribution is -2.28. The molecule has 10 heavy (non-hydrogen) atoms. The average molecular weight is 145 g/mol. The molecule has 0 bridgehead atoms. The highest BCUT2D eigenvalue weighted by Gasteiger charge is 2.11. The minimum absolute atomic E-state index is 0.137. The van der Waals surface area contributed by atoms with Crippen molar-refractivity contribution in [3.8, 4) is 0 Å². The Labute approximate surface area is 63.8 Å². The second-order valence-electron chi connectivity index (χ2n) is 3.22. The molecule has 0 aliphatic carbocycles. The van der Waals surface area contributed by atoms with Crippen LogP contribution in [0, 0.1) is 5.92 Å². The first-order chi connectivity index (χ1) is 4.57. The van der Waals surface area contributed by atoms with E-state index in [1.165, 1.54) is 0 Å². The number of nitrogens with zero attached hydrogens (tertiary/aromatic N) is 1. The fourth-order valence-corrected chi connectivity index (χ4v) is 1.10. The van der Waals surface area contributed by atoms with Gasteiger partial charge in [0, 0.05) is 6.54 Å². The van der Waals surface area contributed by atoms with Gasteiger partial charge in [-0.25, -0.2) is 0 Å². The molecule has 0 aromatic heterocycles. The summed E-state index contributed by atoms with van der Waals surface area (Å²) in [5.74, 6) is 0.389. The van der Waals surface area contributed by atoms with Gasteiger partial charge in [-0.2, -0.15) is 0 Å². The van der Waals surface area contributed by atoms with Gasteiger partial charge in [0.15, 0.2) is 0 Å². The van der Waals surface area contributed by atoms with E-state index in [0.717, 1.165) is 13.0 Å². The minimum Gasteiger partial charge on any atom is -0.393 e. The van der Waals surface area contributed by atoms with E-state index in [2.05, 4.69) is 11.8 Å². The minimum atomic E-state index is -0.137. The van der Waals surface area contributed by atoms with Crippen molar-refractivity contribution in [1.29, 1.82) is 0 Å². The van der Waals surface area contributed by atoms with Gasteiger partial charge in [-0.15, -0.1) is 0 Å². The first-order valence-electron chi connectivity index (χ1n) is 3.90.